The zero-order valence-corrected chi connectivity index (χ0v) is 12.9. The van der Waals surface area contributed by atoms with Crippen molar-refractivity contribution in [2.24, 2.45) is 0 Å². The van der Waals surface area contributed by atoms with Crippen LogP contribution >= 0.6 is 0 Å². The first-order valence-electron chi connectivity index (χ1n) is 7.44. The highest BCUT2D eigenvalue weighted by atomic mass is 16.5. The van der Waals surface area contributed by atoms with Crippen LogP contribution in [0.15, 0.2) is 24.3 Å². The highest BCUT2D eigenvalue weighted by Crippen LogP contribution is 2.20. The van der Waals surface area contributed by atoms with E-state index >= 15 is 0 Å². The molecule has 1 rings (SSSR count). The van der Waals surface area contributed by atoms with Crippen molar-refractivity contribution < 1.29 is 14.2 Å². The lowest BCUT2D eigenvalue weighted by Gasteiger charge is -2.16. The predicted molar refractivity (Wildman–Crippen MR) is 81.7 cm³/mol. The van der Waals surface area contributed by atoms with E-state index in [1.54, 1.807) is 0 Å². The smallest absolute Gasteiger partial charge is 0.123 e. The Kier molecular flexibility index (Phi) is 8.83. The first kappa shape index (κ1) is 16.8. The fraction of sp³-hybridized carbons (Fsp3) is 0.625. The number of benzene rings is 1. The van der Waals surface area contributed by atoms with Gasteiger partial charge in [0.1, 0.15) is 17.6 Å². The number of hydrogen-bond acceptors (Lipinski definition) is 4. The average Bonchev–Trinajstić information content (AvgIpc) is 2.43. The van der Waals surface area contributed by atoms with Gasteiger partial charge in [0.15, 0.2) is 0 Å². The molecule has 1 N–H and O–H groups in total. The van der Waals surface area contributed by atoms with E-state index < -0.39 is 0 Å². The summed E-state index contributed by atoms with van der Waals surface area (Å²) >= 11 is 0. The molecule has 0 bridgehead atoms. The van der Waals surface area contributed by atoms with Gasteiger partial charge in [-0.15, -0.1) is 0 Å². The topological polar surface area (TPSA) is 39.7 Å². The van der Waals surface area contributed by atoms with E-state index in [2.05, 4.69) is 12.2 Å². The van der Waals surface area contributed by atoms with Crippen LogP contribution in [0, 0.1) is 0 Å². The van der Waals surface area contributed by atoms with E-state index in [0.29, 0.717) is 6.61 Å². The van der Waals surface area contributed by atoms with Gasteiger partial charge in [-0.05, 0) is 45.9 Å². The Bertz CT molecular complexity index is 357. The minimum atomic E-state index is 0.124. The Balaban J connectivity index is 2.21. The van der Waals surface area contributed by atoms with Crippen LogP contribution in [-0.2, 0) is 4.74 Å². The van der Waals surface area contributed by atoms with Crippen LogP contribution in [0.5, 0.6) is 11.5 Å². The van der Waals surface area contributed by atoms with Crippen molar-refractivity contribution in [2.75, 3.05) is 32.9 Å². The highest BCUT2D eigenvalue weighted by Gasteiger charge is 2.04. The molecule has 0 spiro atoms. The molecule has 0 aliphatic heterocycles. The number of rotatable bonds is 11. The lowest BCUT2D eigenvalue weighted by molar-refractivity contribution is 0.143. The number of ether oxygens (including phenoxy) is 3. The van der Waals surface area contributed by atoms with Crippen molar-refractivity contribution in [1.82, 2.24) is 5.32 Å². The minimum absolute atomic E-state index is 0.124. The highest BCUT2D eigenvalue weighted by molar-refractivity contribution is 5.33. The van der Waals surface area contributed by atoms with Crippen LogP contribution in [-0.4, -0.2) is 39.0 Å². The van der Waals surface area contributed by atoms with Gasteiger partial charge in [0.25, 0.3) is 0 Å². The van der Waals surface area contributed by atoms with Crippen LogP contribution in [0.3, 0.4) is 0 Å². The molecule has 1 unspecified atom stereocenters. The monoisotopic (exact) mass is 281 g/mol. The molecule has 0 aliphatic carbocycles. The summed E-state index contributed by atoms with van der Waals surface area (Å²) in [7, 11) is 0. The molecule has 20 heavy (non-hydrogen) atoms. The summed E-state index contributed by atoms with van der Waals surface area (Å²) in [6.45, 7) is 10.1. The number of nitrogens with one attached hydrogen (secondary N) is 1. The molecule has 0 amide bonds. The molecular formula is C16H27NO3. The zero-order valence-electron chi connectivity index (χ0n) is 12.9. The van der Waals surface area contributed by atoms with Crippen molar-refractivity contribution in [1.29, 1.82) is 0 Å². The number of hydrogen-bond donors (Lipinski definition) is 1. The average molecular weight is 281 g/mol. The van der Waals surface area contributed by atoms with Gasteiger partial charge in [-0.3, -0.25) is 0 Å². The fourth-order valence-corrected chi connectivity index (χ4v) is 1.83. The molecule has 1 aromatic rings. The molecule has 0 heterocycles. The second kappa shape index (κ2) is 10.5. The molecule has 0 radical (unpaired) electrons. The van der Waals surface area contributed by atoms with E-state index in [-0.39, 0.29) is 6.10 Å². The van der Waals surface area contributed by atoms with Crippen LogP contribution < -0.4 is 14.8 Å². The summed E-state index contributed by atoms with van der Waals surface area (Å²) in [4.78, 5) is 0. The van der Waals surface area contributed by atoms with Gasteiger partial charge in [-0.25, -0.2) is 0 Å². The van der Waals surface area contributed by atoms with Crippen LogP contribution in [0.1, 0.15) is 27.2 Å². The standard InChI is InChI=1S/C16H27NO3/c1-4-18-11-7-10-17-13-14(3)20-16-9-6-8-15(12-16)19-5-2/h6,8-9,12,14,17H,4-5,7,10-11,13H2,1-3H3. The van der Waals surface area contributed by atoms with Crippen LogP contribution in [0.2, 0.25) is 0 Å². The van der Waals surface area contributed by atoms with Crippen LogP contribution in [0.4, 0.5) is 0 Å². The third kappa shape index (κ3) is 7.36. The summed E-state index contributed by atoms with van der Waals surface area (Å²) in [6, 6.07) is 7.76. The molecule has 0 fully saturated rings. The van der Waals surface area contributed by atoms with Crippen molar-refractivity contribution in [3.8, 4) is 11.5 Å². The minimum Gasteiger partial charge on any atom is -0.494 e. The van der Waals surface area contributed by atoms with Gasteiger partial charge in [0, 0.05) is 25.8 Å². The van der Waals surface area contributed by atoms with E-state index in [9.17, 15) is 0 Å². The predicted octanol–water partition coefficient (Wildman–Crippen LogP) is 2.87. The Morgan fingerprint density at radius 3 is 2.70 bits per heavy atom. The Hall–Kier alpha value is -1.26. The molecule has 4 nitrogen and oxygen atoms in total. The maximum absolute atomic E-state index is 5.86. The third-order valence-corrected chi connectivity index (χ3v) is 2.73. The zero-order chi connectivity index (χ0) is 14.6. The SMILES string of the molecule is CCOCCCNCC(C)Oc1cccc(OCC)c1. The fourth-order valence-electron chi connectivity index (χ4n) is 1.83. The Labute approximate surface area is 122 Å². The van der Waals surface area contributed by atoms with Crippen LogP contribution in [0.25, 0.3) is 0 Å². The molecule has 114 valence electrons. The maximum atomic E-state index is 5.86. The summed E-state index contributed by atoms with van der Waals surface area (Å²) in [5.41, 5.74) is 0. The first-order valence-corrected chi connectivity index (χ1v) is 7.44. The van der Waals surface area contributed by atoms with Gasteiger partial charge in [-0.1, -0.05) is 6.07 Å². The third-order valence-electron chi connectivity index (χ3n) is 2.73. The molecule has 1 aromatic carbocycles. The lowest BCUT2D eigenvalue weighted by atomic mass is 10.3. The van der Waals surface area contributed by atoms with E-state index in [1.807, 2.05) is 38.1 Å². The molecule has 0 aliphatic rings. The molecule has 1 atom stereocenters. The molecular weight excluding hydrogens is 254 g/mol. The van der Waals surface area contributed by atoms with Crippen molar-refractivity contribution in [3.63, 3.8) is 0 Å². The molecule has 0 saturated carbocycles. The van der Waals surface area contributed by atoms with E-state index in [4.69, 9.17) is 14.2 Å². The summed E-state index contributed by atoms with van der Waals surface area (Å²) in [6.07, 6.45) is 1.15. The maximum Gasteiger partial charge on any atom is 0.123 e. The van der Waals surface area contributed by atoms with E-state index in [1.165, 1.54) is 0 Å². The lowest BCUT2D eigenvalue weighted by Crippen LogP contribution is -2.30. The molecule has 0 aromatic heterocycles. The van der Waals surface area contributed by atoms with Gasteiger partial charge < -0.3 is 19.5 Å². The quantitative estimate of drug-likeness (QED) is 0.633. The summed E-state index contributed by atoms with van der Waals surface area (Å²) < 4.78 is 16.6. The second-order valence-electron chi connectivity index (χ2n) is 4.59. The van der Waals surface area contributed by atoms with Crippen molar-refractivity contribution in [3.05, 3.63) is 24.3 Å². The summed E-state index contributed by atoms with van der Waals surface area (Å²) in [5, 5.41) is 3.37. The van der Waals surface area contributed by atoms with Gasteiger partial charge in [-0.2, -0.15) is 0 Å². The van der Waals surface area contributed by atoms with Crippen molar-refractivity contribution >= 4 is 0 Å². The summed E-state index contributed by atoms with van der Waals surface area (Å²) in [5.74, 6) is 1.70. The van der Waals surface area contributed by atoms with Gasteiger partial charge in [0.05, 0.1) is 6.61 Å². The van der Waals surface area contributed by atoms with Gasteiger partial charge in [0.2, 0.25) is 0 Å². The van der Waals surface area contributed by atoms with Gasteiger partial charge >= 0.3 is 0 Å². The van der Waals surface area contributed by atoms with E-state index in [0.717, 1.165) is 44.2 Å². The normalized spacial score (nSPS) is 12.2. The molecule has 0 saturated heterocycles. The first-order chi connectivity index (χ1) is 9.76. The Morgan fingerprint density at radius 2 is 1.95 bits per heavy atom. The largest absolute Gasteiger partial charge is 0.494 e. The molecule has 4 heteroatoms. The Morgan fingerprint density at radius 1 is 1.15 bits per heavy atom. The van der Waals surface area contributed by atoms with Crippen molar-refractivity contribution in [2.45, 2.75) is 33.3 Å². The second-order valence-corrected chi connectivity index (χ2v) is 4.59.